The summed E-state index contributed by atoms with van der Waals surface area (Å²) in [5.74, 6) is -0.277. The molecule has 1 aliphatic rings. The third kappa shape index (κ3) is 1.62. The van der Waals surface area contributed by atoms with Crippen molar-refractivity contribution in [2.24, 2.45) is 0 Å². The number of ether oxygens (including phenoxy) is 1. The largest absolute Gasteiger partial charge is 0.376 e. The van der Waals surface area contributed by atoms with Crippen LogP contribution in [-0.2, 0) is 15.1 Å². The summed E-state index contributed by atoms with van der Waals surface area (Å²) >= 11 is 0. The molecule has 0 aromatic heterocycles. The molecule has 4 nitrogen and oxygen atoms in total. The van der Waals surface area contributed by atoms with Crippen molar-refractivity contribution in [1.29, 1.82) is 5.53 Å². The SMILES string of the molecule is Cc1ccc(C2(C(=O)C=[N+]=N)OC2(C)C)cc1. The number of ketones is 1. The Morgan fingerprint density at radius 1 is 1.35 bits per heavy atom. The molecule has 0 bridgehead atoms. The maximum absolute atomic E-state index is 12.0. The number of rotatable bonds is 3. The van der Waals surface area contributed by atoms with Gasteiger partial charge in [0.05, 0.1) is 10.3 Å². The lowest BCUT2D eigenvalue weighted by molar-refractivity contribution is -0.134. The van der Waals surface area contributed by atoms with Crippen molar-refractivity contribution in [3.05, 3.63) is 35.4 Å². The monoisotopic (exact) mass is 231 g/mol. The minimum Gasteiger partial charge on any atom is -0.349 e. The highest BCUT2D eigenvalue weighted by molar-refractivity contribution is 6.30. The highest BCUT2D eigenvalue weighted by Gasteiger charge is 2.70. The van der Waals surface area contributed by atoms with Gasteiger partial charge in [0.25, 0.3) is 5.78 Å². The second-order valence-electron chi connectivity index (χ2n) is 4.78. The summed E-state index contributed by atoms with van der Waals surface area (Å²) in [5.41, 5.74) is 7.20. The fourth-order valence-electron chi connectivity index (χ4n) is 2.19. The molecule has 1 aliphatic heterocycles. The van der Waals surface area contributed by atoms with E-state index in [-0.39, 0.29) is 5.78 Å². The number of hydrogen-bond acceptors (Lipinski definition) is 3. The van der Waals surface area contributed by atoms with Crippen LogP contribution >= 0.6 is 0 Å². The molecule has 4 heteroatoms. The van der Waals surface area contributed by atoms with Gasteiger partial charge in [-0.25, -0.2) is 0 Å². The molecule has 1 fully saturated rings. The first kappa shape index (κ1) is 11.7. The molecule has 1 saturated heterocycles. The summed E-state index contributed by atoms with van der Waals surface area (Å²) in [6.45, 7) is 5.72. The molecule has 0 radical (unpaired) electrons. The van der Waals surface area contributed by atoms with Crippen LogP contribution in [0.25, 0.3) is 0 Å². The quantitative estimate of drug-likeness (QED) is 0.373. The fraction of sp³-hybridized carbons (Fsp3) is 0.385. The predicted molar refractivity (Wildman–Crippen MR) is 62.1 cm³/mol. The highest BCUT2D eigenvalue weighted by atomic mass is 16.6. The van der Waals surface area contributed by atoms with Crippen molar-refractivity contribution in [2.45, 2.75) is 32.0 Å². The van der Waals surface area contributed by atoms with E-state index < -0.39 is 11.2 Å². The van der Waals surface area contributed by atoms with Gasteiger partial charge in [-0.1, -0.05) is 29.8 Å². The van der Waals surface area contributed by atoms with Gasteiger partial charge in [-0.15, -0.1) is 0 Å². The zero-order chi connectivity index (χ0) is 12.7. The van der Waals surface area contributed by atoms with E-state index in [0.717, 1.165) is 17.3 Å². The van der Waals surface area contributed by atoms with Gasteiger partial charge >= 0.3 is 6.21 Å². The Morgan fingerprint density at radius 2 is 1.88 bits per heavy atom. The summed E-state index contributed by atoms with van der Waals surface area (Å²) in [6.07, 6.45) is 1.01. The third-order valence-electron chi connectivity index (χ3n) is 3.20. The van der Waals surface area contributed by atoms with Crippen LogP contribution in [0.15, 0.2) is 24.3 Å². The molecule has 88 valence electrons. The zero-order valence-corrected chi connectivity index (χ0v) is 10.2. The summed E-state index contributed by atoms with van der Waals surface area (Å²) in [6, 6.07) is 7.67. The number of Topliss-reactive ketones (excluding diaryl/α,β-unsaturated/α-hetero) is 1. The molecule has 0 aliphatic carbocycles. The normalized spacial score (nSPS) is 24.9. The minimum absolute atomic E-state index is 0.277. The molecule has 1 N–H and O–H groups in total. The van der Waals surface area contributed by atoms with Crippen molar-refractivity contribution in [3.63, 3.8) is 0 Å². The Labute approximate surface area is 99.8 Å². The van der Waals surface area contributed by atoms with Crippen molar-refractivity contribution >= 4 is 12.0 Å². The molecule has 1 aromatic rings. The molecular formula is C13H15N2O2+. The van der Waals surface area contributed by atoms with Crippen LogP contribution in [-0.4, -0.2) is 22.4 Å². The Bertz CT molecular complexity index is 513. The van der Waals surface area contributed by atoms with Gasteiger partial charge in [0.15, 0.2) is 5.60 Å². The maximum Gasteiger partial charge on any atom is 0.376 e. The molecule has 1 aromatic carbocycles. The second-order valence-corrected chi connectivity index (χ2v) is 4.78. The Balaban J connectivity index is 2.48. The van der Waals surface area contributed by atoms with Crippen LogP contribution in [0.1, 0.15) is 25.0 Å². The number of benzene rings is 1. The number of carbonyl (C=O) groups excluding carboxylic acids is 1. The van der Waals surface area contributed by atoms with E-state index in [1.165, 1.54) is 0 Å². The summed E-state index contributed by atoms with van der Waals surface area (Å²) in [7, 11) is 0. The number of epoxide rings is 1. The maximum atomic E-state index is 12.0. The van der Waals surface area contributed by atoms with Gasteiger partial charge in [-0.3, -0.25) is 4.79 Å². The van der Waals surface area contributed by atoms with Crippen LogP contribution in [0.2, 0.25) is 0 Å². The van der Waals surface area contributed by atoms with E-state index in [9.17, 15) is 4.79 Å². The topological polar surface area (TPSA) is 67.5 Å². The molecular weight excluding hydrogens is 216 g/mol. The van der Waals surface area contributed by atoms with Crippen LogP contribution in [0.5, 0.6) is 0 Å². The Morgan fingerprint density at radius 3 is 2.29 bits per heavy atom. The van der Waals surface area contributed by atoms with Crippen LogP contribution < -0.4 is 0 Å². The summed E-state index contributed by atoms with van der Waals surface area (Å²) in [5, 5.41) is 0. The molecule has 0 amide bonds. The molecule has 0 spiro atoms. The smallest absolute Gasteiger partial charge is 0.349 e. The van der Waals surface area contributed by atoms with Crippen molar-refractivity contribution in [2.75, 3.05) is 0 Å². The van der Waals surface area contributed by atoms with Gasteiger partial charge in [0.2, 0.25) is 0 Å². The lowest BCUT2D eigenvalue weighted by Gasteiger charge is -2.10. The van der Waals surface area contributed by atoms with Crippen molar-refractivity contribution in [3.8, 4) is 0 Å². The molecule has 1 heterocycles. The predicted octanol–water partition coefficient (Wildman–Crippen LogP) is 1.88. The average molecular weight is 231 g/mol. The average Bonchev–Trinajstić information content (AvgIpc) is 2.84. The summed E-state index contributed by atoms with van der Waals surface area (Å²) in [4.78, 5) is 15.1. The minimum atomic E-state index is -0.967. The van der Waals surface area contributed by atoms with Crippen molar-refractivity contribution in [1.82, 2.24) is 0 Å². The van der Waals surface area contributed by atoms with Gasteiger partial charge in [-0.05, 0) is 26.3 Å². The lowest BCUT2D eigenvalue weighted by Crippen LogP contribution is -2.30. The fourth-order valence-corrected chi connectivity index (χ4v) is 2.19. The number of nitrogens with zero attached hydrogens (tertiary/aromatic N) is 1. The van der Waals surface area contributed by atoms with Crippen LogP contribution in [0.4, 0.5) is 0 Å². The van der Waals surface area contributed by atoms with E-state index in [4.69, 9.17) is 10.3 Å². The van der Waals surface area contributed by atoms with E-state index >= 15 is 0 Å². The lowest BCUT2D eigenvalue weighted by atomic mass is 9.85. The number of carbonyl (C=O) groups is 1. The number of aryl methyl sites for hydroxylation is 1. The number of nitrogens with one attached hydrogen (secondary N) is 1. The van der Waals surface area contributed by atoms with Gasteiger partial charge in [-0.2, -0.15) is 0 Å². The van der Waals surface area contributed by atoms with Gasteiger partial charge < -0.3 is 4.74 Å². The third-order valence-corrected chi connectivity index (χ3v) is 3.20. The standard InChI is InChI=1S/C13H15N2O2/c1-9-4-6-10(7-5-9)13(11(16)8-15-14)12(2,3)17-13/h4-8,14H,1-3H3/q+1. The van der Waals surface area contributed by atoms with Crippen molar-refractivity contribution < 1.29 is 14.3 Å². The second kappa shape index (κ2) is 3.62. The molecule has 1 atom stereocenters. The van der Waals surface area contributed by atoms with E-state index in [1.54, 1.807) is 0 Å². The van der Waals surface area contributed by atoms with Crippen LogP contribution in [0.3, 0.4) is 0 Å². The van der Waals surface area contributed by atoms with E-state index in [1.807, 2.05) is 45.0 Å². The van der Waals surface area contributed by atoms with Gasteiger partial charge in [0, 0.05) is 0 Å². The molecule has 17 heavy (non-hydrogen) atoms. The van der Waals surface area contributed by atoms with E-state index in [2.05, 4.69) is 4.79 Å². The van der Waals surface area contributed by atoms with Gasteiger partial charge in [0.1, 0.15) is 5.60 Å². The molecule has 0 saturated carbocycles. The first-order valence-corrected chi connectivity index (χ1v) is 5.45. The summed E-state index contributed by atoms with van der Waals surface area (Å²) < 4.78 is 5.61. The first-order valence-electron chi connectivity index (χ1n) is 5.45. The molecule has 1 unspecified atom stereocenters. The highest BCUT2D eigenvalue weighted by Crippen LogP contribution is 2.55. The van der Waals surface area contributed by atoms with E-state index in [0.29, 0.717) is 0 Å². The Hall–Kier alpha value is -1.77. The van der Waals surface area contributed by atoms with Crippen LogP contribution in [0, 0.1) is 12.5 Å². The number of hydrogen-bond donors (Lipinski definition) is 1. The first-order chi connectivity index (χ1) is 7.94. The molecule has 2 rings (SSSR count). The Kier molecular flexibility index (Phi) is 2.49. The zero-order valence-electron chi connectivity index (χ0n) is 10.2.